The molecular formula is C15H31NO2. The number of aliphatic carboxylic acids is 1. The second kappa shape index (κ2) is 11.5. The van der Waals surface area contributed by atoms with Crippen LogP contribution >= 0.6 is 0 Å². The third-order valence-corrected chi connectivity index (χ3v) is 3.48. The van der Waals surface area contributed by atoms with Gasteiger partial charge in [-0.25, -0.2) is 0 Å². The number of carboxylic acids is 1. The van der Waals surface area contributed by atoms with E-state index in [9.17, 15) is 4.79 Å². The molecule has 0 aliphatic carbocycles. The number of carbonyl (C=O) groups is 1. The second-order valence-electron chi connectivity index (χ2n) is 5.25. The first kappa shape index (κ1) is 17.4. The summed E-state index contributed by atoms with van der Waals surface area (Å²) in [4.78, 5) is 13.1. The highest BCUT2D eigenvalue weighted by Gasteiger charge is 2.14. The van der Waals surface area contributed by atoms with E-state index in [0.717, 1.165) is 13.1 Å². The van der Waals surface area contributed by atoms with E-state index < -0.39 is 5.97 Å². The number of hydrogen-bond donors (Lipinski definition) is 1. The molecule has 18 heavy (non-hydrogen) atoms. The summed E-state index contributed by atoms with van der Waals surface area (Å²) in [5, 5.41) is 8.89. The molecule has 0 rings (SSSR count). The fraction of sp³-hybridized carbons (Fsp3) is 0.933. The molecule has 108 valence electrons. The minimum Gasteiger partial charge on any atom is -0.481 e. The van der Waals surface area contributed by atoms with Crippen molar-refractivity contribution in [2.45, 2.75) is 65.7 Å². The van der Waals surface area contributed by atoms with Gasteiger partial charge in [0.05, 0.1) is 5.92 Å². The van der Waals surface area contributed by atoms with Crippen molar-refractivity contribution in [1.82, 2.24) is 4.90 Å². The zero-order valence-corrected chi connectivity index (χ0v) is 12.5. The SMILES string of the molecule is CCCCCCCCCN(CC)CC(C)C(=O)O. The lowest BCUT2D eigenvalue weighted by Gasteiger charge is -2.22. The molecular weight excluding hydrogens is 226 g/mol. The first-order valence-electron chi connectivity index (χ1n) is 7.56. The first-order valence-corrected chi connectivity index (χ1v) is 7.56. The van der Waals surface area contributed by atoms with E-state index in [0.29, 0.717) is 6.54 Å². The maximum absolute atomic E-state index is 10.8. The minimum absolute atomic E-state index is 0.255. The lowest BCUT2D eigenvalue weighted by atomic mass is 10.1. The molecule has 0 fully saturated rings. The Bertz CT molecular complexity index is 207. The summed E-state index contributed by atoms with van der Waals surface area (Å²) in [7, 11) is 0. The normalized spacial score (nSPS) is 12.9. The molecule has 0 radical (unpaired) electrons. The lowest BCUT2D eigenvalue weighted by molar-refractivity contribution is -0.141. The molecule has 0 aromatic rings. The van der Waals surface area contributed by atoms with Gasteiger partial charge in [-0.15, -0.1) is 0 Å². The topological polar surface area (TPSA) is 40.5 Å². The van der Waals surface area contributed by atoms with Gasteiger partial charge in [-0.3, -0.25) is 4.79 Å². The van der Waals surface area contributed by atoms with Crippen LogP contribution < -0.4 is 0 Å². The van der Waals surface area contributed by atoms with Crippen molar-refractivity contribution in [2.75, 3.05) is 19.6 Å². The molecule has 0 aliphatic rings. The average molecular weight is 257 g/mol. The summed E-state index contributed by atoms with van der Waals surface area (Å²) in [6, 6.07) is 0. The highest BCUT2D eigenvalue weighted by molar-refractivity contribution is 5.69. The van der Waals surface area contributed by atoms with Crippen LogP contribution in [0.2, 0.25) is 0 Å². The predicted molar refractivity (Wildman–Crippen MR) is 76.9 cm³/mol. The summed E-state index contributed by atoms with van der Waals surface area (Å²) in [6.45, 7) is 8.81. The van der Waals surface area contributed by atoms with Crippen molar-refractivity contribution in [3.8, 4) is 0 Å². The van der Waals surface area contributed by atoms with Crippen molar-refractivity contribution < 1.29 is 9.90 Å². The Morgan fingerprint density at radius 3 is 2.11 bits per heavy atom. The fourth-order valence-corrected chi connectivity index (χ4v) is 2.14. The monoisotopic (exact) mass is 257 g/mol. The molecule has 0 bridgehead atoms. The van der Waals surface area contributed by atoms with Gasteiger partial charge in [0.15, 0.2) is 0 Å². The third-order valence-electron chi connectivity index (χ3n) is 3.48. The van der Waals surface area contributed by atoms with Crippen molar-refractivity contribution in [3.05, 3.63) is 0 Å². The Morgan fingerprint density at radius 2 is 1.61 bits per heavy atom. The smallest absolute Gasteiger partial charge is 0.307 e. The van der Waals surface area contributed by atoms with Crippen LogP contribution in [0.5, 0.6) is 0 Å². The zero-order chi connectivity index (χ0) is 13.8. The van der Waals surface area contributed by atoms with Crippen molar-refractivity contribution in [1.29, 1.82) is 0 Å². The van der Waals surface area contributed by atoms with Gasteiger partial charge in [0, 0.05) is 6.54 Å². The van der Waals surface area contributed by atoms with E-state index in [2.05, 4.69) is 18.7 Å². The van der Waals surface area contributed by atoms with Crippen LogP contribution in [0.4, 0.5) is 0 Å². The molecule has 0 saturated heterocycles. The summed E-state index contributed by atoms with van der Waals surface area (Å²) in [5.41, 5.74) is 0. The van der Waals surface area contributed by atoms with Gasteiger partial charge in [-0.1, -0.05) is 59.3 Å². The zero-order valence-electron chi connectivity index (χ0n) is 12.5. The Balaban J connectivity index is 3.53. The molecule has 1 unspecified atom stereocenters. The molecule has 0 amide bonds. The molecule has 3 heteroatoms. The van der Waals surface area contributed by atoms with Gasteiger partial charge < -0.3 is 10.0 Å². The van der Waals surface area contributed by atoms with Crippen LogP contribution in [-0.2, 0) is 4.79 Å². The molecule has 3 nitrogen and oxygen atoms in total. The Hall–Kier alpha value is -0.570. The van der Waals surface area contributed by atoms with E-state index in [1.165, 1.54) is 44.9 Å². The number of carboxylic acid groups (broad SMARTS) is 1. The van der Waals surface area contributed by atoms with Gasteiger partial charge in [0.1, 0.15) is 0 Å². The highest BCUT2D eigenvalue weighted by Crippen LogP contribution is 2.08. The quantitative estimate of drug-likeness (QED) is 0.541. The Kier molecular flexibility index (Phi) is 11.2. The number of rotatable bonds is 12. The molecule has 1 N–H and O–H groups in total. The average Bonchev–Trinajstić information content (AvgIpc) is 2.35. The molecule has 0 aromatic heterocycles. The van der Waals surface area contributed by atoms with E-state index >= 15 is 0 Å². The molecule has 1 atom stereocenters. The maximum atomic E-state index is 10.8. The summed E-state index contributed by atoms with van der Waals surface area (Å²) < 4.78 is 0. The number of hydrogen-bond acceptors (Lipinski definition) is 2. The van der Waals surface area contributed by atoms with Crippen LogP contribution in [-0.4, -0.2) is 35.6 Å². The van der Waals surface area contributed by atoms with Gasteiger partial charge in [-0.2, -0.15) is 0 Å². The van der Waals surface area contributed by atoms with Gasteiger partial charge in [0.25, 0.3) is 0 Å². The van der Waals surface area contributed by atoms with Crippen molar-refractivity contribution in [3.63, 3.8) is 0 Å². The van der Waals surface area contributed by atoms with Crippen LogP contribution in [0.25, 0.3) is 0 Å². The van der Waals surface area contributed by atoms with Crippen LogP contribution in [0.3, 0.4) is 0 Å². The standard InChI is InChI=1S/C15H31NO2/c1-4-6-7-8-9-10-11-12-16(5-2)13-14(3)15(17)18/h14H,4-13H2,1-3H3,(H,17,18). The Labute approximate surface area is 113 Å². The predicted octanol–water partition coefficient (Wildman–Crippen LogP) is 3.78. The Morgan fingerprint density at radius 1 is 1.06 bits per heavy atom. The largest absolute Gasteiger partial charge is 0.481 e. The highest BCUT2D eigenvalue weighted by atomic mass is 16.4. The third kappa shape index (κ3) is 9.46. The summed E-state index contributed by atoms with van der Waals surface area (Å²) in [5.74, 6) is -0.942. The van der Waals surface area contributed by atoms with E-state index in [1.54, 1.807) is 6.92 Å². The summed E-state index contributed by atoms with van der Waals surface area (Å²) >= 11 is 0. The van der Waals surface area contributed by atoms with E-state index in [4.69, 9.17) is 5.11 Å². The van der Waals surface area contributed by atoms with Gasteiger partial charge >= 0.3 is 5.97 Å². The van der Waals surface area contributed by atoms with Crippen LogP contribution in [0.15, 0.2) is 0 Å². The summed E-state index contributed by atoms with van der Waals surface area (Å²) in [6.07, 6.45) is 9.18. The molecule has 0 saturated carbocycles. The first-order chi connectivity index (χ1) is 8.61. The molecule has 0 aliphatic heterocycles. The molecule has 0 heterocycles. The van der Waals surface area contributed by atoms with Crippen molar-refractivity contribution >= 4 is 5.97 Å². The second-order valence-corrected chi connectivity index (χ2v) is 5.25. The van der Waals surface area contributed by atoms with E-state index in [1.807, 2.05) is 0 Å². The maximum Gasteiger partial charge on any atom is 0.307 e. The number of unbranched alkanes of at least 4 members (excludes halogenated alkanes) is 6. The molecule has 0 aromatic carbocycles. The minimum atomic E-state index is -0.687. The molecule has 0 spiro atoms. The van der Waals surface area contributed by atoms with Crippen molar-refractivity contribution in [2.24, 2.45) is 5.92 Å². The lowest BCUT2D eigenvalue weighted by Crippen LogP contribution is -2.32. The van der Waals surface area contributed by atoms with Gasteiger partial charge in [0.2, 0.25) is 0 Å². The van der Waals surface area contributed by atoms with Gasteiger partial charge in [-0.05, 0) is 19.5 Å². The van der Waals surface area contributed by atoms with Crippen LogP contribution in [0, 0.1) is 5.92 Å². The van der Waals surface area contributed by atoms with E-state index in [-0.39, 0.29) is 5.92 Å². The fourth-order valence-electron chi connectivity index (χ4n) is 2.14. The number of nitrogens with zero attached hydrogens (tertiary/aromatic N) is 1. The van der Waals surface area contributed by atoms with Crippen LogP contribution in [0.1, 0.15) is 65.7 Å².